The molecule has 0 aliphatic carbocycles. The smallest absolute Gasteiger partial charge is 0.306 e. The Morgan fingerprint density at radius 1 is 0.458 bits per heavy atom. The lowest BCUT2D eigenvalue weighted by atomic mass is 10.1. The second kappa shape index (κ2) is 47.7. The van der Waals surface area contributed by atoms with Gasteiger partial charge < -0.3 is 39.0 Å². The number of ether oxygens (including phenoxy) is 5. The second-order valence-electron chi connectivity index (χ2n) is 16.9. The number of carbonyl (C=O) groups excluding carboxylic acids is 2. The Hall–Kier alpha value is -1.30. The van der Waals surface area contributed by atoms with Crippen molar-refractivity contribution >= 4 is 11.9 Å². The van der Waals surface area contributed by atoms with E-state index in [1.54, 1.807) is 0 Å². The lowest BCUT2D eigenvalue weighted by molar-refractivity contribution is -0.156. The number of hydrogen-bond donors (Lipinski definition) is 2. The van der Waals surface area contributed by atoms with Gasteiger partial charge in [0.2, 0.25) is 5.91 Å². The van der Waals surface area contributed by atoms with Crippen LogP contribution in [0.4, 0.5) is 0 Å². The number of amides is 1. The first kappa shape index (κ1) is 57.7. The van der Waals surface area contributed by atoms with Gasteiger partial charge in [0.15, 0.2) is 0 Å². The molecule has 0 aliphatic rings. The monoisotopic (exact) mass is 843 g/mol. The van der Waals surface area contributed by atoms with Gasteiger partial charge in [-0.1, -0.05) is 143 Å². The molecule has 0 fully saturated rings. The van der Waals surface area contributed by atoms with E-state index in [2.05, 4.69) is 37.9 Å². The molecule has 352 valence electrons. The zero-order valence-corrected chi connectivity index (χ0v) is 39.4. The maximum absolute atomic E-state index is 12.8. The molecule has 0 saturated carbocycles. The molecule has 59 heavy (non-hydrogen) atoms. The van der Waals surface area contributed by atoms with E-state index in [-0.39, 0.29) is 30.6 Å². The summed E-state index contributed by atoms with van der Waals surface area (Å²) in [5.41, 5.74) is 0. The average Bonchev–Trinajstić information content (AvgIpc) is 3.23. The molecular formula is C49H98N2O8. The van der Waals surface area contributed by atoms with Gasteiger partial charge >= 0.3 is 5.97 Å². The first-order chi connectivity index (χ1) is 29.0. The highest BCUT2D eigenvalue weighted by Gasteiger charge is 2.16. The molecule has 0 aliphatic heterocycles. The van der Waals surface area contributed by atoms with E-state index in [0.717, 1.165) is 129 Å². The minimum Gasteiger partial charge on any atom is -0.457 e. The Morgan fingerprint density at radius 3 is 1.27 bits per heavy atom. The van der Waals surface area contributed by atoms with E-state index < -0.39 is 0 Å². The number of rotatable bonds is 49. The third kappa shape index (κ3) is 43.2. The van der Waals surface area contributed by atoms with Crippen LogP contribution in [0, 0.1) is 0 Å². The maximum Gasteiger partial charge on any atom is 0.306 e. The molecule has 0 rings (SSSR count). The summed E-state index contributed by atoms with van der Waals surface area (Å²) in [4.78, 5) is 27.9. The molecule has 0 saturated heterocycles. The van der Waals surface area contributed by atoms with E-state index in [1.165, 1.54) is 77.0 Å². The van der Waals surface area contributed by atoms with Gasteiger partial charge in [0.25, 0.3) is 0 Å². The van der Waals surface area contributed by atoms with Gasteiger partial charge in [-0.2, -0.15) is 0 Å². The number of hydrogen-bond acceptors (Lipinski definition) is 9. The van der Waals surface area contributed by atoms with Gasteiger partial charge in [-0.15, -0.1) is 0 Å². The first-order valence-electron chi connectivity index (χ1n) is 25.1. The van der Waals surface area contributed by atoms with Crippen molar-refractivity contribution in [3.63, 3.8) is 0 Å². The highest BCUT2D eigenvalue weighted by atomic mass is 16.6. The normalized spacial score (nSPS) is 11.7. The average molecular weight is 843 g/mol. The fourth-order valence-electron chi connectivity index (χ4n) is 7.11. The van der Waals surface area contributed by atoms with Gasteiger partial charge in [-0.25, -0.2) is 0 Å². The van der Waals surface area contributed by atoms with Crippen molar-refractivity contribution in [2.75, 3.05) is 79.1 Å². The van der Waals surface area contributed by atoms with Gasteiger partial charge in [-0.05, 0) is 70.9 Å². The summed E-state index contributed by atoms with van der Waals surface area (Å²) in [6.07, 6.45) is 30.8. The van der Waals surface area contributed by atoms with Crippen LogP contribution in [0.5, 0.6) is 0 Å². The molecule has 0 bridgehead atoms. The molecule has 0 aromatic heterocycles. The topological polar surface area (TPSA) is 116 Å². The quantitative estimate of drug-likeness (QED) is 0.0456. The molecular weight excluding hydrogens is 745 g/mol. The lowest BCUT2D eigenvalue weighted by Gasteiger charge is -2.22. The van der Waals surface area contributed by atoms with Crippen molar-refractivity contribution in [2.24, 2.45) is 0 Å². The minimum atomic E-state index is -0.333. The number of nitrogens with zero attached hydrogens (tertiary/aromatic N) is 1. The van der Waals surface area contributed by atoms with Gasteiger partial charge in [0.05, 0.1) is 32.5 Å². The summed E-state index contributed by atoms with van der Waals surface area (Å²) in [6.45, 7) is 16.8. The predicted octanol–water partition coefficient (Wildman–Crippen LogP) is 11.1. The second-order valence-corrected chi connectivity index (χ2v) is 16.9. The molecule has 0 atom stereocenters. The van der Waals surface area contributed by atoms with E-state index in [4.69, 9.17) is 23.7 Å². The molecule has 10 heteroatoms. The molecule has 1 amide bonds. The Balaban J connectivity index is 4.29. The number of nitrogens with one attached hydrogen (secondary N) is 1. The fourth-order valence-corrected chi connectivity index (χ4v) is 7.11. The van der Waals surface area contributed by atoms with Gasteiger partial charge in [-0.3, -0.25) is 9.59 Å². The van der Waals surface area contributed by atoms with Crippen LogP contribution in [0.25, 0.3) is 0 Å². The zero-order chi connectivity index (χ0) is 43.1. The van der Waals surface area contributed by atoms with Crippen molar-refractivity contribution in [3.05, 3.63) is 0 Å². The maximum atomic E-state index is 12.8. The van der Waals surface area contributed by atoms with Crippen LogP contribution >= 0.6 is 0 Å². The van der Waals surface area contributed by atoms with Crippen molar-refractivity contribution < 1.29 is 38.4 Å². The van der Waals surface area contributed by atoms with Crippen LogP contribution in [-0.2, 0) is 33.3 Å². The predicted molar refractivity (Wildman–Crippen MR) is 245 cm³/mol. The number of esters is 1. The molecule has 10 nitrogen and oxygen atoms in total. The number of unbranched alkanes of at least 4 members (excludes halogenated alkanes) is 20. The van der Waals surface area contributed by atoms with Gasteiger partial charge in [0.1, 0.15) is 6.10 Å². The first-order valence-corrected chi connectivity index (χ1v) is 25.1. The number of aliphatic hydroxyl groups excluding tert-OH is 1. The van der Waals surface area contributed by atoms with Crippen molar-refractivity contribution in [2.45, 2.75) is 226 Å². The van der Waals surface area contributed by atoms with Crippen LogP contribution in [0.3, 0.4) is 0 Å². The molecule has 0 aromatic rings. The van der Waals surface area contributed by atoms with E-state index in [1.807, 2.05) is 0 Å². The Bertz CT molecular complexity index is 770. The Kier molecular flexibility index (Phi) is 46.7. The summed E-state index contributed by atoms with van der Waals surface area (Å²) in [6, 6.07) is -0.0859. The van der Waals surface area contributed by atoms with Crippen molar-refractivity contribution in [1.82, 2.24) is 10.2 Å². The van der Waals surface area contributed by atoms with Crippen LogP contribution in [-0.4, -0.2) is 113 Å². The lowest BCUT2D eigenvalue weighted by Crippen LogP contribution is -2.41. The zero-order valence-electron chi connectivity index (χ0n) is 39.4. The third-order valence-corrected chi connectivity index (χ3v) is 10.8. The van der Waals surface area contributed by atoms with Crippen LogP contribution in [0.2, 0.25) is 0 Å². The summed E-state index contributed by atoms with van der Waals surface area (Å²) in [5.74, 6) is -0.0419. The Morgan fingerprint density at radius 2 is 0.831 bits per heavy atom. The van der Waals surface area contributed by atoms with Gasteiger partial charge in [0, 0.05) is 52.4 Å². The standard InChI is InChI=1S/C49H98N2O8/c1-5-9-13-27-38-55-42-46(43-56-39-28-14-10-6-2)50-48(53)32-23-19-17-21-25-34-51(36-31-37-52)35-26-22-18-20-24-33-49(54)59-47(44-57-40-29-15-11-7-3)45-58-41-30-16-12-8-4/h46-47,52H,5-45H2,1-4H3,(H,50,53). The highest BCUT2D eigenvalue weighted by Crippen LogP contribution is 2.12. The summed E-state index contributed by atoms with van der Waals surface area (Å²) in [7, 11) is 0. The van der Waals surface area contributed by atoms with Crippen molar-refractivity contribution in [1.29, 1.82) is 0 Å². The minimum absolute atomic E-state index is 0.0859. The number of carbonyl (C=O) groups is 2. The van der Waals surface area contributed by atoms with E-state index in [9.17, 15) is 14.7 Å². The molecule has 0 radical (unpaired) electrons. The number of aliphatic hydroxyl groups is 1. The van der Waals surface area contributed by atoms with E-state index >= 15 is 0 Å². The Labute approximate surface area is 364 Å². The molecule has 0 spiro atoms. The van der Waals surface area contributed by atoms with Crippen LogP contribution in [0.1, 0.15) is 214 Å². The highest BCUT2D eigenvalue weighted by molar-refractivity contribution is 5.76. The largest absolute Gasteiger partial charge is 0.457 e. The van der Waals surface area contributed by atoms with Crippen LogP contribution < -0.4 is 5.32 Å². The summed E-state index contributed by atoms with van der Waals surface area (Å²) >= 11 is 0. The molecule has 0 heterocycles. The van der Waals surface area contributed by atoms with Crippen molar-refractivity contribution in [3.8, 4) is 0 Å². The van der Waals surface area contributed by atoms with Crippen LogP contribution in [0.15, 0.2) is 0 Å². The molecule has 0 aromatic carbocycles. The van der Waals surface area contributed by atoms with E-state index in [0.29, 0.717) is 52.5 Å². The third-order valence-electron chi connectivity index (χ3n) is 10.8. The summed E-state index contributed by atoms with van der Waals surface area (Å²) in [5, 5.41) is 12.6. The fraction of sp³-hybridized carbons (Fsp3) is 0.959. The summed E-state index contributed by atoms with van der Waals surface area (Å²) < 4.78 is 29.4. The SMILES string of the molecule is CCCCCCOCC(COCCCCCC)NC(=O)CCCCCCCN(CCCO)CCCCCCCC(=O)OC(COCCCCCC)COCCCCCC. The molecule has 0 unspecified atom stereocenters. The molecule has 2 N–H and O–H groups in total.